The van der Waals surface area contributed by atoms with Crippen LogP contribution < -0.4 is 5.73 Å². The van der Waals surface area contributed by atoms with Gasteiger partial charge in [0.1, 0.15) is 12.1 Å². The van der Waals surface area contributed by atoms with Gasteiger partial charge in [0.15, 0.2) is 0 Å². The molecule has 1 aliphatic carbocycles. The van der Waals surface area contributed by atoms with E-state index in [1.165, 1.54) is 12.8 Å². The molecule has 0 heterocycles. The minimum Gasteiger partial charge on any atom is -0.461 e. The third kappa shape index (κ3) is 4.29. The lowest BCUT2D eigenvalue weighted by Gasteiger charge is -2.14. The van der Waals surface area contributed by atoms with Gasteiger partial charge in [-0.1, -0.05) is 13.3 Å². The van der Waals surface area contributed by atoms with Crippen molar-refractivity contribution in [2.75, 3.05) is 0 Å². The van der Waals surface area contributed by atoms with Gasteiger partial charge in [-0.3, -0.25) is 4.79 Å². The largest absolute Gasteiger partial charge is 0.461 e. The predicted molar refractivity (Wildman–Crippen MR) is 58.5 cm³/mol. The van der Waals surface area contributed by atoms with E-state index in [0.29, 0.717) is 0 Å². The number of hydrogen-bond donors (Lipinski definition) is 1. The van der Waals surface area contributed by atoms with Crippen LogP contribution in [0.15, 0.2) is 0 Å². The van der Waals surface area contributed by atoms with Crippen molar-refractivity contribution in [2.45, 2.75) is 57.6 Å². The minimum atomic E-state index is -0.411. The van der Waals surface area contributed by atoms with E-state index < -0.39 is 6.04 Å². The molecule has 2 N–H and O–H groups in total. The van der Waals surface area contributed by atoms with Gasteiger partial charge in [0.05, 0.1) is 0 Å². The van der Waals surface area contributed by atoms with Crippen molar-refractivity contribution in [3.8, 4) is 0 Å². The number of nitrogens with two attached hydrogens (primary N) is 1. The van der Waals surface area contributed by atoms with Gasteiger partial charge in [-0.15, -0.1) is 12.4 Å². The number of carbonyl (C=O) groups excluding carboxylic acids is 1. The van der Waals surface area contributed by atoms with Crippen molar-refractivity contribution in [3.05, 3.63) is 0 Å². The number of hydrogen-bond acceptors (Lipinski definition) is 3. The molecule has 0 aromatic carbocycles. The topological polar surface area (TPSA) is 52.3 Å². The maximum absolute atomic E-state index is 11.3. The Labute approximate surface area is 91.8 Å². The summed E-state index contributed by atoms with van der Waals surface area (Å²) in [5, 5.41) is 0. The van der Waals surface area contributed by atoms with Crippen molar-refractivity contribution >= 4 is 18.4 Å². The molecule has 4 heteroatoms. The van der Waals surface area contributed by atoms with E-state index in [4.69, 9.17) is 10.5 Å². The average Bonchev–Trinajstić information content (AvgIpc) is 2.57. The molecule has 3 nitrogen and oxygen atoms in total. The highest BCUT2D eigenvalue weighted by atomic mass is 35.5. The molecule has 1 fully saturated rings. The van der Waals surface area contributed by atoms with Crippen LogP contribution in [0.3, 0.4) is 0 Å². The van der Waals surface area contributed by atoms with Gasteiger partial charge >= 0.3 is 5.97 Å². The Bertz CT molecular complexity index is 170. The molecule has 1 atom stereocenters. The lowest BCUT2D eigenvalue weighted by molar-refractivity contribution is -0.150. The maximum Gasteiger partial charge on any atom is 0.323 e. The van der Waals surface area contributed by atoms with E-state index in [1.54, 1.807) is 0 Å². The minimum absolute atomic E-state index is 0. The number of halogens is 1. The molecule has 0 saturated heterocycles. The Balaban J connectivity index is 0.00000169. The highest BCUT2D eigenvalue weighted by Gasteiger charge is 2.22. The van der Waals surface area contributed by atoms with Crippen LogP contribution in [-0.4, -0.2) is 18.1 Å². The van der Waals surface area contributed by atoms with Gasteiger partial charge in [-0.05, 0) is 32.1 Å². The second-order valence-corrected chi connectivity index (χ2v) is 3.74. The SMILES string of the molecule is CCCC(N)C(=O)OC1CCCC1.Cl. The summed E-state index contributed by atoms with van der Waals surface area (Å²) < 4.78 is 5.26. The fourth-order valence-corrected chi connectivity index (χ4v) is 1.69. The Morgan fingerprint density at radius 1 is 1.50 bits per heavy atom. The molecule has 0 amide bonds. The Morgan fingerprint density at radius 2 is 2.07 bits per heavy atom. The normalized spacial score (nSPS) is 18.7. The van der Waals surface area contributed by atoms with E-state index in [0.717, 1.165) is 25.7 Å². The molecule has 0 aromatic heterocycles. The summed E-state index contributed by atoms with van der Waals surface area (Å²) in [7, 11) is 0. The van der Waals surface area contributed by atoms with Gasteiger partial charge < -0.3 is 10.5 Å². The average molecular weight is 222 g/mol. The van der Waals surface area contributed by atoms with Crippen LogP contribution in [0.2, 0.25) is 0 Å². The highest BCUT2D eigenvalue weighted by molar-refractivity contribution is 5.85. The smallest absolute Gasteiger partial charge is 0.323 e. The van der Waals surface area contributed by atoms with Gasteiger partial charge in [0.2, 0.25) is 0 Å². The number of carbonyl (C=O) groups is 1. The first kappa shape index (κ1) is 13.7. The van der Waals surface area contributed by atoms with Gasteiger partial charge in [-0.2, -0.15) is 0 Å². The monoisotopic (exact) mass is 221 g/mol. The van der Waals surface area contributed by atoms with Crippen LogP contribution in [0.1, 0.15) is 45.4 Å². The van der Waals surface area contributed by atoms with Crippen molar-refractivity contribution in [2.24, 2.45) is 5.73 Å². The molecule has 1 aliphatic rings. The summed E-state index contributed by atoms with van der Waals surface area (Å²) in [4.78, 5) is 11.3. The molecule has 0 aliphatic heterocycles. The summed E-state index contributed by atoms with van der Waals surface area (Å²) in [6, 6.07) is -0.411. The molecule has 1 saturated carbocycles. The molecule has 0 aromatic rings. The van der Waals surface area contributed by atoms with Crippen LogP contribution in [0.25, 0.3) is 0 Å². The molecule has 0 radical (unpaired) electrons. The first-order chi connectivity index (χ1) is 6.24. The van der Waals surface area contributed by atoms with Crippen LogP contribution in [0.4, 0.5) is 0 Å². The second kappa shape index (κ2) is 7.07. The molecular weight excluding hydrogens is 202 g/mol. The van der Waals surface area contributed by atoms with E-state index >= 15 is 0 Å². The summed E-state index contributed by atoms with van der Waals surface area (Å²) in [5.74, 6) is -0.214. The fourth-order valence-electron chi connectivity index (χ4n) is 1.69. The summed E-state index contributed by atoms with van der Waals surface area (Å²) in [6.07, 6.45) is 6.21. The lowest BCUT2D eigenvalue weighted by Crippen LogP contribution is -2.34. The molecule has 1 rings (SSSR count). The van der Waals surface area contributed by atoms with Crippen molar-refractivity contribution < 1.29 is 9.53 Å². The highest BCUT2D eigenvalue weighted by Crippen LogP contribution is 2.21. The molecular formula is C10H20ClNO2. The van der Waals surface area contributed by atoms with Gasteiger partial charge in [-0.25, -0.2) is 0 Å². The van der Waals surface area contributed by atoms with E-state index in [1.807, 2.05) is 6.92 Å². The Morgan fingerprint density at radius 3 is 2.57 bits per heavy atom. The molecule has 0 bridgehead atoms. The van der Waals surface area contributed by atoms with Crippen LogP contribution in [0.5, 0.6) is 0 Å². The third-order valence-electron chi connectivity index (χ3n) is 2.49. The first-order valence-corrected chi connectivity index (χ1v) is 5.20. The van der Waals surface area contributed by atoms with Gasteiger partial charge in [0, 0.05) is 0 Å². The zero-order valence-electron chi connectivity index (χ0n) is 8.70. The van der Waals surface area contributed by atoms with E-state index in [9.17, 15) is 4.79 Å². The Kier molecular flexibility index (Phi) is 6.93. The first-order valence-electron chi connectivity index (χ1n) is 5.20. The van der Waals surface area contributed by atoms with Crippen LogP contribution in [0, 0.1) is 0 Å². The molecule has 1 unspecified atom stereocenters. The number of rotatable bonds is 4. The molecule has 14 heavy (non-hydrogen) atoms. The van der Waals surface area contributed by atoms with E-state index in [2.05, 4.69) is 0 Å². The van der Waals surface area contributed by atoms with Crippen LogP contribution >= 0.6 is 12.4 Å². The summed E-state index contributed by atoms with van der Waals surface area (Å²) >= 11 is 0. The van der Waals surface area contributed by atoms with Crippen molar-refractivity contribution in [1.29, 1.82) is 0 Å². The maximum atomic E-state index is 11.3. The summed E-state index contributed by atoms with van der Waals surface area (Å²) in [5.41, 5.74) is 5.63. The van der Waals surface area contributed by atoms with E-state index in [-0.39, 0.29) is 24.5 Å². The molecule has 84 valence electrons. The second-order valence-electron chi connectivity index (χ2n) is 3.74. The predicted octanol–water partition coefficient (Wildman–Crippen LogP) is 2.02. The van der Waals surface area contributed by atoms with Crippen LogP contribution in [-0.2, 0) is 9.53 Å². The van der Waals surface area contributed by atoms with Crippen molar-refractivity contribution in [1.82, 2.24) is 0 Å². The third-order valence-corrected chi connectivity index (χ3v) is 2.49. The number of esters is 1. The van der Waals surface area contributed by atoms with Gasteiger partial charge in [0.25, 0.3) is 0 Å². The zero-order chi connectivity index (χ0) is 9.68. The van der Waals surface area contributed by atoms with Crippen molar-refractivity contribution in [3.63, 3.8) is 0 Å². The molecule has 0 spiro atoms. The zero-order valence-corrected chi connectivity index (χ0v) is 9.52. The quantitative estimate of drug-likeness (QED) is 0.739. The summed E-state index contributed by atoms with van der Waals surface area (Å²) in [6.45, 7) is 2.02. The fraction of sp³-hybridized carbons (Fsp3) is 0.900. The number of ether oxygens (including phenoxy) is 1. The lowest BCUT2D eigenvalue weighted by atomic mass is 10.2. The Hall–Kier alpha value is -0.280. The standard InChI is InChI=1S/C10H19NO2.ClH/c1-2-5-9(11)10(12)13-8-6-3-4-7-8;/h8-9H,2-7,11H2,1H3;1H.